The number of aliphatic hydroxyl groups is 1. The monoisotopic (exact) mass is 408 g/mol. The van der Waals surface area contributed by atoms with Crippen LogP contribution in [-0.4, -0.2) is 28.6 Å². The summed E-state index contributed by atoms with van der Waals surface area (Å²) in [5.74, 6) is -4.60. The molecule has 0 bridgehead atoms. The number of hydrogen-bond acceptors (Lipinski definition) is 2. The second-order valence-corrected chi connectivity index (χ2v) is 10.3. The van der Waals surface area contributed by atoms with Gasteiger partial charge in [-0.25, -0.2) is 0 Å². The zero-order chi connectivity index (χ0) is 20.8. The Morgan fingerprint density at radius 1 is 0.929 bits per heavy atom. The largest absolute Gasteiger partial charge is 0.456 e. The van der Waals surface area contributed by atoms with Crippen molar-refractivity contribution >= 4 is 5.78 Å². The van der Waals surface area contributed by atoms with E-state index in [0.29, 0.717) is 19.3 Å². The summed E-state index contributed by atoms with van der Waals surface area (Å²) in [7, 11) is 0. The van der Waals surface area contributed by atoms with Crippen LogP contribution in [0.15, 0.2) is 0 Å². The summed E-state index contributed by atoms with van der Waals surface area (Å²) in [6.07, 6.45) is -1.87. The molecule has 0 aliphatic heterocycles. The first-order chi connectivity index (χ1) is 12.8. The number of alkyl halides is 5. The van der Waals surface area contributed by atoms with Crippen LogP contribution in [0.4, 0.5) is 22.0 Å². The fourth-order valence-corrected chi connectivity index (χ4v) is 7.81. The van der Waals surface area contributed by atoms with Crippen molar-refractivity contribution in [2.45, 2.75) is 89.3 Å². The zero-order valence-electron chi connectivity index (χ0n) is 16.4. The quantitative estimate of drug-likeness (QED) is 0.580. The van der Waals surface area contributed by atoms with Gasteiger partial charge in [-0.05, 0) is 74.0 Å². The van der Waals surface area contributed by atoms with Crippen molar-refractivity contribution in [2.24, 2.45) is 34.5 Å². The van der Waals surface area contributed by atoms with Crippen molar-refractivity contribution < 1.29 is 31.9 Å². The van der Waals surface area contributed by atoms with Crippen LogP contribution in [0.3, 0.4) is 0 Å². The highest BCUT2D eigenvalue weighted by Crippen LogP contribution is 2.71. The lowest BCUT2D eigenvalue weighted by Gasteiger charge is -2.61. The van der Waals surface area contributed by atoms with Gasteiger partial charge in [0.2, 0.25) is 0 Å². The molecule has 7 atom stereocenters. The van der Waals surface area contributed by atoms with Crippen LogP contribution in [0, 0.1) is 34.5 Å². The fraction of sp³-hybridized carbons (Fsp3) is 0.952. The van der Waals surface area contributed by atoms with Gasteiger partial charge in [0.15, 0.2) is 0 Å². The summed E-state index contributed by atoms with van der Waals surface area (Å²) >= 11 is 0. The van der Waals surface area contributed by atoms with Crippen molar-refractivity contribution in [2.75, 3.05) is 0 Å². The van der Waals surface area contributed by atoms with Gasteiger partial charge >= 0.3 is 12.1 Å². The Morgan fingerprint density at radius 2 is 1.57 bits per heavy atom. The van der Waals surface area contributed by atoms with E-state index in [1.807, 2.05) is 0 Å². The second kappa shape index (κ2) is 5.92. The topological polar surface area (TPSA) is 37.3 Å². The molecular formula is C21H29F5O2. The number of ketones is 1. The molecule has 0 aromatic rings. The molecule has 0 unspecified atom stereocenters. The minimum absolute atomic E-state index is 0.0475. The van der Waals surface area contributed by atoms with Crippen molar-refractivity contribution in [3.63, 3.8) is 0 Å². The van der Waals surface area contributed by atoms with E-state index < -0.39 is 29.5 Å². The smallest absolute Gasteiger partial charge is 0.383 e. The first-order valence-electron chi connectivity index (χ1n) is 10.5. The summed E-state index contributed by atoms with van der Waals surface area (Å²) in [4.78, 5) is 11.9. The summed E-state index contributed by atoms with van der Waals surface area (Å²) < 4.78 is 68.4. The van der Waals surface area contributed by atoms with Crippen LogP contribution in [0.2, 0.25) is 0 Å². The van der Waals surface area contributed by atoms with Crippen molar-refractivity contribution in [1.29, 1.82) is 0 Å². The molecule has 4 saturated carbocycles. The van der Waals surface area contributed by atoms with Gasteiger partial charge < -0.3 is 5.11 Å². The predicted molar refractivity (Wildman–Crippen MR) is 92.7 cm³/mol. The molecule has 0 heterocycles. The molecule has 4 aliphatic carbocycles. The maximum absolute atomic E-state index is 14.4. The van der Waals surface area contributed by atoms with Gasteiger partial charge in [0.25, 0.3) is 0 Å². The Hall–Kier alpha value is -0.720. The standard InChI is InChI=1S/C21H29F5O2/c1-17-8-5-13(27)11-12(17)3-4-14-15(17)6-9-18(2)16(14)7-10-19(18,28)20(22,23)21(24,25)26/h12,14-16,28H,3-11H2,1-2H3/t12-,14+,15-,16-,17-,18-,19-/m0/s1. The van der Waals surface area contributed by atoms with Crippen LogP contribution in [0.25, 0.3) is 0 Å². The van der Waals surface area contributed by atoms with Crippen LogP contribution in [0.5, 0.6) is 0 Å². The molecule has 4 fully saturated rings. The molecule has 7 heteroatoms. The molecule has 1 N–H and O–H groups in total. The predicted octanol–water partition coefficient (Wildman–Crippen LogP) is 5.53. The zero-order valence-corrected chi connectivity index (χ0v) is 16.4. The molecule has 0 aromatic carbocycles. The van der Waals surface area contributed by atoms with Gasteiger partial charge in [0.05, 0.1) is 0 Å². The highest BCUT2D eigenvalue weighted by molar-refractivity contribution is 5.79. The number of hydrogen-bond donors (Lipinski definition) is 1. The Balaban J connectivity index is 1.67. The van der Waals surface area contributed by atoms with E-state index in [0.717, 1.165) is 19.3 Å². The third kappa shape index (κ3) is 2.37. The van der Waals surface area contributed by atoms with Crippen LogP contribution in [-0.2, 0) is 4.79 Å². The molecule has 28 heavy (non-hydrogen) atoms. The van der Waals surface area contributed by atoms with Crippen LogP contribution >= 0.6 is 0 Å². The number of halogens is 5. The van der Waals surface area contributed by atoms with Gasteiger partial charge in [-0.15, -0.1) is 0 Å². The van der Waals surface area contributed by atoms with Gasteiger partial charge in [-0.2, -0.15) is 22.0 Å². The van der Waals surface area contributed by atoms with E-state index >= 15 is 0 Å². The first kappa shape index (κ1) is 20.5. The Morgan fingerprint density at radius 3 is 2.21 bits per heavy atom. The Bertz CT molecular complexity index is 676. The van der Waals surface area contributed by atoms with E-state index in [1.54, 1.807) is 0 Å². The maximum Gasteiger partial charge on any atom is 0.456 e. The number of carbonyl (C=O) groups is 1. The number of Topliss-reactive ketones (excluding diaryl/α,β-unsaturated/α-hetero) is 1. The SMILES string of the molecule is C[C@]12CCC(=O)C[C@@H]1CC[C@@H]1[C@@H]2CC[C@@]2(C)[C@H]1CC[C@@]2(O)C(F)(F)C(F)(F)F. The normalized spacial score (nSPS) is 49.4. The molecule has 4 rings (SSSR count). The van der Waals surface area contributed by atoms with E-state index in [1.165, 1.54) is 6.92 Å². The average molecular weight is 408 g/mol. The summed E-state index contributed by atoms with van der Waals surface area (Å²) in [6, 6.07) is 0. The first-order valence-corrected chi connectivity index (χ1v) is 10.5. The summed E-state index contributed by atoms with van der Waals surface area (Å²) in [5, 5.41) is 10.8. The van der Waals surface area contributed by atoms with Gasteiger partial charge in [0, 0.05) is 18.3 Å². The number of rotatable bonds is 1. The summed E-state index contributed by atoms with van der Waals surface area (Å²) in [5.41, 5.74) is -4.54. The Labute approximate surface area is 162 Å². The lowest BCUT2D eigenvalue weighted by Crippen LogP contribution is -2.65. The molecule has 0 amide bonds. The minimum atomic E-state index is -5.76. The molecule has 0 radical (unpaired) electrons. The van der Waals surface area contributed by atoms with Crippen LogP contribution in [0.1, 0.15) is 71.6 Å². The molecule has 0 saturated heterocycles. The molecule has 2 nitrogen and oxygen atoms in total. The molecule has 0 spiro atoms. The highest BCUT2D eigenvalue weighted by atomic mass is 19.4. The average Bonchev–Trinajstić information content (AvgIpc) is 2.87. The van der Waals surface area contributed by atoms with Crippen molar-refractivity contribution in [3.8, 4) is 0 Å². The molecule has 160 valence electrons. The third-order valence-electron chi connectivity index (χ3n) is 9.51. The molecule has 0 aromatic heterocycles. The van der Waals surface area contributed by atoms with Gasteiger partial charge in [0.1, 0.15) is 11.4 Å². The number of carbonyl (C=O) groups excluding carboxylic acids is 1. The van der Waals surface area contributed by atoms with E-state index in [4.69, 9.17) is 0 Å². The third-order valence-corrected chi connectivity index (χ3v) is 9.51. The molecule has 4 aliphatic rings. The van der Waals surface area contributed by atoms with Gasteiger partial charge in [-0.3, -0.25) is 4.79 Å². The van der Waals surface area contributed by atoms with E-state index in [9.17, 15) is 31.9 Å². The van der Waals surface area contributed by atoms with Crippen molar-refractivity contribution in [1.82, 2.24) is 0 Å². The second-order valence-electron chi connectivity index (χ2n) is 10.3. The fourth-order valence-electron chi connectivity index (χ4n) is 7.81. The van der Waals surface area contributed by atoms with Crippen molar-refractivity contribution in [3.05, 3.63) is 0 Å². The van der Waals surface area contributed by atoms with E-state index in [-0.39, 0.29) is 47.7 Å². The van der Waals surface area contributed by atoms with Gasteiger partial charge in [-0.1, -0.05) is 13.8 Å². The van der Waals surface area contributed by atoms with Crippen LogP contribution < -0.4 is 0 Å². The van der Waals surface area contributed by atoms with E-state index in [2.05, 4.69) is 6.92 Å². The Kier molecular flexibility index (Phi) is 4.34. The minimum Gasteiger partial charge on any atom is -0.383 e. The number of fused-ring (bicyclic) bond motifs is 5. The lowest BCUT2D eigenvalue weighted by atomic mass is 9.44. The molecular weight excluding hydrogens is 379 g/mol. The maximum atomic E-state index is 14.4. The summed E-state index contributed by atoms with van der Waals surface area (Å²) in [6.45, 7) is 3.65. The highest BCUT2D eigenvalue weighted by Gasteiger charge is 2.79. The lowest BCUT2D eigenvalue weighted by molar-refractivity contribution is -0.364.